The van der Waals surface area contributed by atoms with Crippen LogP contribution in [0.3, 0.4) is 0 Å². The summed E-state index contributed by atoms with van der Waals surface area (Å²) in [4.78, 5) is 16.6. The summed E-state index contributed by atoms with van der Waals surface area (Å²) in [5.74, 6) is 0.198. The van der Waals surface area contributed by atoms with Gasteiger partial charge in [0.2, 0.25) is 5.91 Å². The Morgan fingerprint density at radius 3 is 2.17 bits per heavy atom. The molecule has 4 heteroatoms. The number of nitrogens with one attached hydrogen (secondary N) is 1. The average molecular weight is 329 g/mol. The summed E-state index contributed by atoms with van der Waals surface area (Å²) in [7, 11) is 0. The van der Waals surface area contributed by atoms with Crippen LogP contribution in [0.4, 0.5) is 0 Å². The van der Waals surface area contributed by atoms with Crippen molar-refractivity contribution in [1.29, 1.82) is 0 Å². The Bertz CT molecular complexity index is 549. The first-order valence-corrected chi connectivity index (χ1v) is 9.24. The Morgan fingerprint density at radius 1 is 1.04 bits per heavy atom. The third-order valence-corrected chi connectivity index (χ3v) is 5.00. The Kier molecular flexibility index (Phi) is 5.26. The van der Waals surface area contributed by atoms with Gasteiger partial charge in [0.15, 0.2) is 0 Å². The van der Waals surface area contributed by atoms with Crippen LogP contribution in [0.1, 0.15) is 44.7 Å². The second kappa shape index (κ2) is 7.24. The van der Waals surface area contributed by atoms with Crippen LogP contribution in [0.5, 0.6) is 0 Å². The number of carbonyl (C=O) groups excluding carboxylic acids is 1. The van der Waals surface area contributed by atoms with Crippen LogP contribution < -0.4 is 5.32 Å². The molecule has 0 radical (unpaired) electrons. The fourth-order valence-electron chi connectivity index (χ4n) is 3.18. The van der Waals surface area contributed by atoms with Gasteiger partial charge in [-0.25, -0.2) is 0 Å². The molecule has 4 nitrogen and oxygen atoms in total. The Hall–Kier alpha value is -1.39. The molecule has 0 unspecified atom stereocenters. The van der Waals surface area contributed by atoms with Gasteiger partial charge < -0.3 is 5.32 Å². The first-order chi connectivity index (χ1) is 11.4. The lowest BCUT2D eigenvalue weighted by atomic mass is 9.87. The molecule has 0 aromatic heterocycles. The number of amides is 1. The Balaban J connectivity index is 1.42. The van der Waals surface area contributed by atoms with Crippen molar-refractivity contribution in [3.05, 3.63) is 35.4 Å². The van der Waals surface area contributed by atoms with Gasteiger partial charge in [-0.15, -0.1) is 0 Å². The second-order valence-corrected chi connectivity index (χ2v) is 8.34. The average Bonchev–Trinajstić information content (AvgIpc) is 3.33. The van der Waals surface area contributed by atoms with Crippen LogP contribution in [0.2, 0.25) is 0 Å². The second-order valence-electron chi connectivity index (χ2n) is 8.34. The van der Waals surface area contributed by atoms with Crippen molar-refractivity contribution in [1.82, 2.24) is 15.1 Å². The van der Waals surface area contributed by atoms with E-state index in [1.54, 1.807) is 0 Å². The SMILES string of the molecule is CC(C)(C)c1ccc(CN2CCN(CC(=O)NC3CC3)CC2)cc1. The maximum atomic E-state index is 11.9. The quantitative estimate of drug-likeness (QED) is 0.901. The molecular formula is C20H31N3O. The van der Waals surface area contributed by atoms with Crippen LogP contribution in [-0.4, -0.2) is 54.5 Å². The van der Waals surface area contributed by atoms with Crippen molar-refractivity contribution in [3.8, 4) is 0 Å². The van der Waals surface area contributed by atoms with Crippen molar-refractivity contribution in [2.45, 2.75) is 51.6 Å². The van der Waals surface area contributed by atoms with E-state index in [0.717, 1.165) is 45.6 Å². The first-order valence-electron chi connectivity index (χ1n) is 9.24. The lowest BCUT2D eigenvalue weighted by Crippen LogP contribution is -2.49. The van der Waals surface area contributed by atoms with Gasteiger partial charge in [0, 0.05) is 38.8 Å². The molecule has 1 amide bonds. The van der Waals surface area contributed by atoms with E-state index >= 15 is 0 Å². The van der Waals surface area contributed by atoms with Gasteiger partial charge in [0.05, 0.1) is 6.54 Å². The van der Waals surface area contributed by atoms with Gasteiger partial charge in [-0.1, -0.05) is 45.0 Å². The zero-order valence-corrected chi connectivity index (χ0v) is 15.3. The fraction of sp³-hybridized carbons (Fsp3) is 0.650. The molecule has 24 heavy (non-hydrogen) atoms. The van der Waals surface area contributed by atoms with Crippen LogP contribution in [0, 0.1) is 0 Å². The topological polar surface area (TPSA) is 35.6 Å². The highest BCUT2D eigenvalue weighted by atomic mass is 16.2. The molecule has 0 atom stereocenters. The molecule has 1 saturated carbocycles. The van der Waals surface area contributed by atoms with E-state index in [2.05, 4.69) is 60.2 Å². The summed E-state index contributed by atoms with van der Waals surface area (Å²) in [6, 6.07) is 9.50. The molecule has 1 aliphatic heterocycles. The molecule has 2 aliphatic rings. The molecule has 0 bridgehead atoms. The van der Waals surface area contributed by atoms with Crippen molar-refractivity contribution in [2.24, 2.45) is 0 Å². The third kappa shape index (κ3) is 5.05. The van der Waals surface area contributed by atoms with E-state index in [9.17, 15) is 4.79 Å². The maximum Gasteiger partial charge on any atom is 0.234 e. The molecule has 3 rings (SSSR count). The lowest BCUT2D eigenvalue weighted by Gasteiger charge is -2.34. The highest BCUT2D eigenvalue weighted by Gasteiger charge is 2.25. The normalized spacial score (nSPS) is 20.1. The van der Waals surface area contributed by atoms with E-state index in [-0.39, 0.29) is 11.3 Å². The van der Waals surface area contributed by atoms with E-state index < -0.39 is 0 Å². The third-order valence-electron chi connectivity index (χ3n) is 5.00. The molecule has 1 heterocycles. The number of carbonyl (C=O) groups is 1. The highest BCUT2D eigenvalue weighted by Crippen LogP contribution is 2.22. The standard InChI is InChI=1S/C20H31N3O/c1-20(2,3)17-6-4-16(5-7-17)14-22-10-12-23(13-11-22)15-19(24)21-18-8-9-18/h4-7,18H,8-15H2,1-3H3,(H,21,24). The van der Waals surface area contributed by atoms with E-state index in [1.807, 2.05) is 0 Å². The number of nitrogens with zero attached hydrogens (tertiary/aromatic N) is 2. The molecule has 1 aliphatic carbocycles. The highest BCUT2D eigenvalue weighted by molar-refractivity contribution is 5.78. The largest absolute Gasteiger partial charge is 0.352 e. The van der Waals surface area contributed by atoms with Crippen molar-refractivity contribution >= 4 is 5.91 Å². The molecule has 1 aromatic carbocycles. The van der Waals surface area contributed by atoms with Crippen molar-refractivity contribution in [2.75, 3.05) is 32.7 Å². The molecular weight excluding hydrogens is 298 g/mol. The van der Waals surface area contributed by atoms with Crippen LogP contribution >= 0.6 is 0 Å². The smallest absolute Gasteiger partial charge is 0.234 e. The number of piperazine rings is 1. The summed E-state index contributed by atoms with van der Waals surface area (Å²) < 4.78 is 0. The van der Waals surface area contributed by atoms with Gasteiger partial charge in [-0.3, -0.25) is 14.6 Å². The van der Waals surface area contributed by atoms with Gasteiger partial charge in [-0.2, -0.15) is 0 Å². The minimum Gasteiger partial charge on any atom is -0.352 e. The molecule has 2 fully saturated rings. The molecule has 0 spiro atoms. The summed E-state index contributed by atoms with van der Waals surface area (Å²) >= 11 is 0. The summed E-state index contributed by atoms with van der Waals surface area (Å²) in [6.45, 7) is 12.4. The minimum atomic E-state index is 0.198. The van der Waals surface area contributed by atoms with Crippen molar-refractivity contribution in [3.63, 3.8) is 0 Å². The summed E-state index contributed by atoms with van der Waals surface area (Å²) in [5.41, 5.74) is 2.98. The first kappa shape index (κ1) is 17.4. The summed E-state index contributed by atoms with van der Waals surface area (Å²) in [6.07, 6.45) is 2.32. The molecule has 132 valence electrons. The van der Waals surface area contributed by atoms with E-state index in [1.165, 1.54) is 11.1 Å². The lowest BCUT2D eigenvalue weighted by molar-refractivity contribution is -0.122. The van der Waals surface area contributed by atoms with Crippen LogP contribution in [-0.2, 0) is 16.8 Å². The summed E-state index contributed by atoms with van der Waals surface area (Å²) in [5, 5.41) is 3.08. The van der Waals surface area contributed by atoms with Gasteiger partial charge in [0.1, 0.15) is 0 Å². The van der Waals surface area contributed by atoms with Crippen molar-refractivity contribution < 1.29 is 4.79 Å². The van der Waals surface area contributed by atoms with Gasteiger partial charge in [0.25, 0.3) is 0 Å². The van der Waals surface area contributed by atoms with E-state index in [4.69, 9.17) is 0 Å². The number of hydrogen-bond donors (Lipinski definition) is 1. The molecule has 1 N–H and O–H groups in total. The number of rotatable bonds is 5. The predicted molar refractivity (Wildman–Crippen MR) is 98.0 cm³/mol. The zero-order chi connectivity index (χ0) is 17.2. The number of benzene rings is 1. The molecule has 1 aromatic rings. The van der Waals surface area contributed by atoms with E-state index in [0.29, 0.717) is 12.6 Å². The minimum absolute atomic E-state index is 0.198. The predicted octanol–water partition coefficient (Wildman–Crippen LogP) is 2.38. The maximum absolute atomic E-state index is 11.9. The number of hydrogen-bond acceptors (Lipinski definition) is 3. The van der Waals surface area contributed by atoms with Crippen LogP contribution in [0.25, 0.3) is 0 Å². The van der Waals surface area contributed by atoms with Gasteiger partial charge >= 0.3 is 0 Å². The zero-order valence-electron chi connectivity index (χ0n) is 15.3. The monoisotopic (exact) mass is 329 g/mol. The Labute approximate surface area is 146 Å². The Morgan fingerprint density at radius 2 is 1.62 bits per heavy atom. The fourth-order valence-corrected chi connectivity index (χ4v) is 3.18. The molecule has 1 saturated heterocycles. The van der Waals surface area contributed by atoms with Gasteiger partial charge in [-0.05, 0) is 29.4 Å². The van der Waals surface area contributed by atoms with Crippen LogP contribution in [0.15, 0.2) is 24.3 Å².